The van der Waals surface area contributed by atoms with Gasteiger partial charge in [0.1, 0.15) is 6.04 Å². The Hall–Kier alpha value is -2.61. The Morgan fingerprint density at radius 2 is 1.86 bits per heavy atom. The molecule has 3 aliphatic rings. The van der Waals surface area contributed by atoms with Crippen molar-refractivity contribution >= 4 is 35.3 Å². The number of carbonyl (C=O) groups is 3. The van der Waals surface area contributed by atoms with Gasteiger partial charge in [0.2, 0.25) is 18.2 Å². The zero-order valence-electron chi connectivity index (χ0n) is 17.1. The molecule has 4 rings (SSSR count). The van der Waals surface area contributed by atoms with Crippen LogP contribution in [0.25, 0.3) is 0 Å². The maximum atomic E-state index is 12.3. The van der Waals surface area contributed by atoms with E-state index in [9.17, 15) is 14.4 Å². The second kappa shape index (κ2) is 7.67. The third-order valence-electron chi connectivity index (χ3n) is 6.64. The van der Waals surface area contributed by atoms with Crippen LogP contribution in [0, 0.1) is 5.41 Å². The summed E-state index contributed by atoms with van der Waals surface area (Å²) in [6.07, 6.45) is 3.99. The molecule has 0 saturated carbocycles. The highest BCUT2D eigenvalue weighted by atomic mass is 16.2. The van der Waals surface area contributed by atoms with Gasteiger partial charge in [0.25, 0.3) is 0 Å². The quantitative estimate of drug-likeness (QED) is 0.560. The smallest absolute Gasteiger partial charge is 0.249 e. The minimum atomic E-state index is -0.431. The van der Waals surface area contributed by atoms with Crippen molar-refractivity contribution in [1.29, 1.82) is 0 Å². The summed E-state index contributed by atoms with van der Waals surface area (Å²) in [5.41, 5.74) is 3.08. The molecule has 2 N–H and O–H groups in total. The molecule has 3 amide bonds. The minimum Gasteiger partial charge on any atom is -0.370 e. The normalized spacial score (nSPS) is 23.4. The molecule has 1 unspecified atom stereocenters. The molecule has 0 aliphatic carbocycles. The summed E-state index contributed by atoms with van der Waals surface area (Å²) in [5, 5.41) is 5.84. The summed E-state index contributed by atoms with van der Waals surface area (Å²) in [6, 6.07) is 5.63. The number of imide groups is 1. The molecule has 1 aromatic rings. The number of nitrogens with one attached hydrogen (secondary N) is 2. The van der Waals surface area contributed by atoms with Crippen LogP contribution in [-0.2, 0) is 14.4 Å². The maximum absolute atomic E-state index is 12.3. The van der Waals surface area contributed by atoms with Crippen molar-refractivity contribution in [1.82, 2.24) is 10.6 Å². The summed E-state index contributed by atoms with van der Waals surface area (Å²) in [7, 11) is 3.56. The van der Waals surface area contributed by atoms with E-state index in [0.717, 1.165) is 49.7 Å². The highest BCUT2D eigenvalue weighted by Gasteiger charge is 2.43. The lowest BCUT2D eigenvalue weighted by molar-refractivity contribution is -0.134. The molecule has 0 radical (unpaired) electrons. The number of hydrogen-bond donors (Lipinski definition) is 2. The monoisotopic (exact) mass is 399 g/mol. The third-order valence-corrected chi connectivity index (χ3v) is 6.64. The number of carbonyl (C=O) groups excluding carboxylic acids is 3. The van der Waals surface area contributed by atoms with Gasteiger partial charge in [0, 0.05) is 44.7 Å². The standard InChI is InChI=1S/C21H29N5O3/c1-24(14-27)18-11-15(26-12-21(13-26)7-9-22-10-8-21)3-4-16(18)25(2)17-5-6-19(28)23-20(17)29/h3-4,11,14,17,22H,5-10,12-13H2,1-2H3,(H,23,28,29). The van der Waals surface area contributed by atoms with Crippen LogP contribution >= 0.6 is 0 Å². The maximum Gasteiger partial charge on any atom is 0.249 e. The number of hydrogen-bond acceptors (Lipinski definition) is 6. The van der Waals surface area contributed by atoms with Crippen molar-refractivity contribution < 1.29 is 14.4 Å². The number of rotatable bonds is 5. The van der Waals surface area contributed by atoms with Gasteiger partial charge in [-0.2, -0.15) is 0 Å². The molecule has 1 aromatic carbocycles. The summed E-state index contributed by atoms with van der Waals surface area (Å²) in [5.74, 6) is -0.520. The SMILES string of the molecule is CN(C=O)c1cc(N2CC3(CCNCC3)C2)ccc1N(C)C1CCC(=O)NC1=O. The molecule has 3 heterocycles. The average molecular weight is 399 g/mol. The first-order valence-corrected chi connectivity index (χ1v) is 10.3. The van der Waals surface area contributed by atoms with Gasteiger partial charge in [0.05, 0.1) is 11.4 Å². The van der Waals surface area contributed by atoms with Gasteiger partial charge >= 0.3 is 0 Å². The van der Waals surface area contributed by atoms with E-state index in [1.807, 2.05) is 24.1 Å². The van der Waals surface area contributed by atoms with E-state index >= 15 is 0 Å². The lowest BCUT2D eigenvalue weighted by Gasteiger charge is -2.53. The highest BCUT2D eigenvalue weighted by molar-refractivity contribution is 6.02. The van der Waals surface area contributed by atoms with Crippen molar-refractivity contribution in [2.45, 2.75) is 31.7 Å². The fourth-order valence-corrected chi connectivity index (χ4v) is 4.78. The van der Waals surface area contributed by atoms with E-state index in [0.29, 0.717) is 18.3 Å². The van der Waals surface area contributed by atoms with Gasteiger partial charge in [-0.25, -0.2) is 0 Å². The molecule has 156 valence electrons. The predicted octanol–water partition coefficient (Wildman–Crippen LogP) is 0.710. The van der Waals surface area contributed by atoms with Gasteiger partial charge in [-0.05, 0) is 50.6 Å². The molecule has 3 aliphatic heterocycles. The lowest BCUT2D eigenvalue weighted by Crippen LogP contribution is -2.60. The van der Waals surface area contributed by atoms with Gasteiger partial charge in [-0.15, -0.1) is 0 Å². The van der Waals surface area contributed by atoms with E-state index in [-0.39, 0.29) is 11.8 Å². The number of anilines is 3. The van der Waals surface area contributed by atoms with Crippen LogP contribution < -0.4 is 25.3 Å². The summed E-state index contributed by atoms with van der Waals surface area (Å²) in [6.45, 7) is 4.26. The molecular weight excluding hydrogens is 370 g/mol. The molecule has 0 bridgehead atoms. The van der Waals surface area contributed by atoms with Crippen molar-refractivity contribution in [3.63, 3.8) is 0 Å². The molecular formula is C21H29N5O3. The Morgan fingerprint density at radius 3 is 2.52 bits per heavy atom. The van der Waals surface area contributed by atoms with Crippen molar-refractivity contribution in [2.24, 2.45) is 5.41 Å². The molecule has 0 aromatic heterocycles. The van der Waals surface area contributed by atoms with E-state index in [4.69, 9.17) is 0 Å². The zero-order chi connectivity index (χ0) is 20.6. The number of amides is 3. The van der Waals surface area contributed by atoms with Crippen LogP contribution in [0.15, 0.2) is 18.2 Å². The summed E-state index contributed by atoms with van der Waals surface area (Å²) in [4.78, 5) is 41.1. The summed E-state index contributed by atoms with van der Waals surface area (Å²) >= 11 is 0. The first-order chi connectivity index (χ1) is 13.9. The van der Waals surface area contributed by atoms with Crippen molar-refractivity contribution in [3.8, 4) is 0 Å². The highest BCUT2D eigenvalue weighted by Crippen LogP contribution is 2.43. The number of benzene rings is 1. The molecule has 3 saturated heterocycles. The molecule has 1 spiro atoms. The largest absolute Gasteiger partial charge is 0.370 e. The van der Waals surface area contributed by atoms with Gasteiger partial charge in [-0.1, -0.05) is 0 Å². The van der Waals surface area contributed by atoms with Gasteiger partial charge in [0.15, 0.2) is 0 Å². The number of piperidine rings is 2. The molecule has 3 fully saturated rings. The number of nitrogens with zero attached hydrogens (tertiary/aromatic N) is 3. The first kappa shape index (κ1) is 19.7. The van der Waals surface area contributed by atoms with Gasteiger partial charge in [-0.3, -0.25) is 19.7 Å². The molecule has 8 heteroatoms. The predicted molar refractivity (Wildman–Crippen MR) is 112 cm³/mol. The van der Waals surface area contributed by atoms with Crippen LogP contribution in [0.2, 0.25) is 0 Å². The first-order valence-electron chi connectivity index (χ1n) is 10.3. The van der Waals surface area contributed by atoms with E-state index in [1.54, 1.807) is 11.9 Å². The Morgan fingerprint density at radius 1 is 1.14 bits per heavy atom. The van der Waals surface area contributed by atoms with Crippen LogP contribution in [0.5, 0.6) is 0 Å². The Bertz CT molecular complexity index is 813. The van der Waals surface area contributed by atoms with Gasteiger partial charge < -0.3 is 20.0 Å². The fourth-order valence-electron chi connectivity index (χ4n) is 4.78. The Kier molecular flexibility index (Phi) is 5.21. The number of likely N-dealkylation sites (N-methyl/N-ethyl adjacent to an activating group) is 1. The zero-order valence-corrected chi connectivity index (χ0v) is 17.1. The van der Waals surface area contributed by atoms with Crippen molar-refractivity contribution in [3.05, 3.63) is 18.2 Å². The second-order valence-electron chi connectivity index (χ2n) is 8.57. The summed E-state index contributed by atoms with van der Waals surface area (Å²) < 4.78 is 0. The second-order valence-corrected chi connectivity index (χ2v) is 8.57. The Balaban J connectivity index is 1.56. The lowest BCUT2D eigenvalue weighted by atomic mass is 9.72. The molecule has 29 heavy (non-hydrogen) atoms. The molecule has 1 atom stereocenters. The van der Waals surface area contributed by atoms with E-state index < -0.39 is 6.04 Å². The molecule has 8 nitrogen and oxygen atoms in total. The van der Waals surface area contributed by atoms with Crippen molar-refractivity contribution in [2.75, 3.05) is 55.0 Å². The van der Waals surface area contributed by atoms with Crippen LogP contribution in [-0.4, -0.2) is 64.5 Å². The Labute approximate surface area is 171 Å². The van der Waals surface area contributed by atoms with Crippen LogP contribution in [0.4, 0.5) is 17.1 Å². The third kappa shape index (κ3) is 3.69. The fraction of sp³-hybridized carbons (Fsp3) is 0.571. The van der Waals surface area contributed by atoms with E-state index in [1.165, 1.54) is 12.8 Å². The van der Waals surface area contributed by atoms with Crippen LogP contribution in [0.3, 0.4) is 0 Å². The van der Waals surface area contributed by atoms with Crippen LogP contribution in [0.1, 0.15) is 25.7 Å². The topological polar surface area (TPSA) is 85.0 Å². The van der Waals surface area contributed by atoms with E-state index in [2.05, 4.69) is 21.6 Å². The minimum absolute atomic E-state index is 0.232. The average Bonchev–Trinajstić information content (AvgIpc) is 2.71.